The zero-order chi connectivity index (χ0) is 16.8. The number of carbonyl (C=O) groups excluding carboxylic acids is 1. The van der Waals surface area contributed by atoms with Crippen LogP contribution in [0.25, 0.3) is 0 Å². The van der Waals surface area contributed by atoms with Gasteiger partial charge in [-0.15, -0.1) is 0 Å². The molecule has 1 aromatic rings. The smallest absolute Gasteiger partial charge is 0.319 e. The quantitative estimate of drug-likeness (QED) is 0.850. The van der Waals surface area contributed by atoms with Gasteiger partial charge in [0.25, 0.3) is 0 Å². The Labute approximate surface area is 147 Å². The van der Waals surface area contributed by atoms with Crippen molar-refractivity contribution in [3.63, 3.8) is 0 Å². The van der Waals surface area contributed by atoms with Crippen molar-refractivity contribution in [1.82, 2.24) is 15.1 Å². The van der Waals surface area contributed by atoms with E-state index < -0.39 is 0 Å². The molecule has 128 valence electrons. The lowest BCUT2D eigenvalue weighted by Gasteiger charge is -2.33. The molecule has 7 heteroatoms. The monoisotopic (exact) mass is 358 g/mol. The summed E-state index contributed by atoms with van der Waals surface area (Å²) in [7, 11) is 2.15. The molecule has 1 aliphatic rings. The molecule has 0 bridgehead atoms. The van der Waals surface area contributed by atoms with Crippen LogP contribution < -0.4 is 10.6 Å². The molecule has 1 fully saturated rings. The highest BCUT2D eigenvalue weighted by atomic mass is 35.5. The molecule has 23 heavy (non-hydrogen) atoms. The first kappa shape index (κ1) is 18.3. The van der Waals surface area contributed by atoms with E-state index in [0.29, 0.717) is 28.2 Å². The Morgan fingerprint density at radius 2 is 1.96 bits per heavy atom. The van der Waals surface area contributed by atoms with Gasteiger partial charge in [0.05, 0.1) is 10.7 Å². The summed E-state index contributed by atoms with van der Waals surface area (Å²) in [6.07, 6.45) is 0. The number of amides is 2. The number of hydrogen-bond donors (Lipinski definition) is 2. The van der Waals surface area contributed by atoms with E-state index in [1.807, 2.05) is 0 Å². The van der Waals surface area contributed by atoms with Crippen LogP contribution in [0.1, 0.15) is 6.92 Å². The molecule has 2 amide bonds. The van der Waals surface area contributed by atoms with Crippen molar-refractivity contribution in [2.45, 2.75) is 6.92 Å². The number of nitrogens with one attached hydrogen (secondary N) is 2. The largest absolute Gasteiger partial charge is 0.338 e. The fourth-order valence-corrected chi connectivity index (χ4v) is 2.90. The molecular formula is C16H24Cl2N4O. The highest BCUT2D eigenvalue weighted by Gasteiger charge is 2.16. The normalized spacial score (nSPS) is 17.7. The van der Waals surface area contributed by atoms with Crippen LogP contribution in [0.15, 0.2) is 18.2 Å². The van der Waals surface area contributed by atoms with E-state index in [1.54, 1.807) is 18.2 Å². The molecule has 1 saturated heterocycles. The molecule has 1 aromatic carbocycles. The van der Waals surface area contributed by atoms with Crippen molar-refractivity contribution in [3.8, 4) is 0 Å². The molecule has 0 saturated carbocycles. The Hall–Kier alpha value is -1.01. The Balaban J connectivity index is 1.72. The fourth-order valence-electron chi connectivity index (χ4n) is 2.56. The van der Waals surface area contributed by atoms with Crippen molar-refractivity contribution < 1.29 is 4.79 Å². The first-order valence-electron chi connectivity index (χ1n) is 7.85. The summed E-state index contributed by atoms with van der Waals surface area (Å²) in [6, 6.07) is 4.72. The van der Waals surface area contributed by atoms with E-state index in [1.165, 1.54) is 0 Å². The number of carbonyl (C=O) groups is 1. The van der Waals surface area contributed by atoms with E-state index >= 15 is 0 Å². The highest BCUT2D eigenvalue weighted by molar-refractivity contribution is 6.35. The Bertz CT molecular complexity index is 533. The number of rotatable bonds is 5. The lowest BCUT2D eigenvalue weighted by atomic mass is 10.1. The number of anilines is 1. The summed E-state index contributed by atoms with van der Waals surface area (Å²) in [5.41, 5.74) is 0.517. The molecular weight excluding hydrogens is 335 g/mol. The average molecular weight is 359 g/mol. The van der Waals surface area contributed by atoms with Gasteiger partial charge in [-0.05, 0) is 31.2 Å². The van der Waals surface area contributed by atoms with Gasteiger partial charge in [0.15, 0.2) is 0 Å². The summed E-state index contributed by atoms with van der Waals surface area (Å²) in [4.78, 5) is 16.7. The van der Waals surface area contributed by atoms with Crippen LogP contribution in [0.4, 0.5) is 10.5 Å². The van der Waals surface area contributed by atoms with E-state index in [9.17, 15) is 4.79 Å². The predicted molar refractivity (Wildman–Crippen MR) is 96.6 cm³/mol. The molecule has 1 aliphatic heterocycles. The third-order valence-electron chi connectivity index (χ3n) is 3.95. The van der Waals surface area contributed by atoms with Gasteiger partial charge < -0.3 is 20.4 Å². The molecule has 1 atom stereocenters. The van der Waals surface area contributed by atoms with Gasteiger partial charge in [-0.25, -0.2) is 4.79 Å². The maximum absolute atomic E-state index is 12.0. The molecule has 0 unspecified atom stereocenters. The third kappa shape index (κ3) is 6.18. The van der Waals surface area contributed by atoms with Crippen LogP contribution in [0, 0.1) is 5.92 Å². The summed E-state index contributed by atoms with van der Waals surface area (Å²) in [6.45, 7) is 8.14. The van der Waals surface area contributed by atoms with E-state index in [4.69, 9.17) is 23.2 Å². The van der Waals surface area contributed by atoms with Crippen LogP contribution in [0.2, 0.25) is 10.0 Å². The molecule has 2 rings (SSSR count). The Morgan fingerprint density at radius 1 is 1.26 bits per heavy atom. The summed E-state index contributed by atoms with van der Waals surface area (Å²) in [5, 5.41) is 6.62. The van der Waals surface area contributed by atoms with Gasteiger partial charge in [0.2, 0.25) is 0 Å². The lowest BCUT2D eigenvalue weighted by molar-refractivity contribution is 0.138. The zero-order valence-corrected chi connectivity index (χ0v) is 15.1. The Morgan fingerprint density at radius 3 is 2.65 bits per heavy atom. The topological polar surface area (TPSA) is 47.6 Å². The van der Waals surface area contributed by atoms with E-state index in [2.05, 4.69) is 34.4 Å². The Kier molecular flexibility index (Phi) is 6.96. The SMILES string of the molecule is C[C@H](CNC(=O)Nc1cc(Cl)ccc1Cl)CN1CCN(C)CC1. The van der Waals surface area contributed by atoms with Crippen LogP contribution >= 0.6 is 23.2 Å². The van der Waals surface area contributed by atoms with Crippen molar-refractivity contribution in [1.29, 1.82) is 0 Å². The number of halogens is 2. The number of nitrogens with zero attached hydrogens (tertiary/aromatic N) is 2. The van der Waals surface area contributed by atoms with Crippen molar-refractivity contribution in [2.24, 2.45) is 5.92 Å². The molecule has 2 N–H and O–H groups in total. The molecule has 0 radical (unpaired) electrons. The summed E-state index contributed by atoms with van der Waals surface area (Å²) in [5.74, 6) is 0.388. The minimum atomic E-state index is -0.264. The predicted octanol–water partition coefficient (Wildman–Crippen LogP) is 3.00. The number of hydrogen-bond acceptors (Lipinski definition) is 3. The van der Waals surface area contributed by atoms with Crippen LogP contribution in [-0.4, -0.2) is 62.1 Å². The first-order chi connectivity index (χ1) is 10.9. The minimum Gasteiger partial charge on any atom is -0.338 e. The van der Waals surface area contributed by atoms with Crippen molar-refractivity contribution in [3.05, 3.63) is 28.2 Å². The second-order valence-corrected chi connectivity index (χ2v) is 7.01. The number of urea groups is 1. The van der Waals surface area contributed by atoms with E-state index in [0.717, 1.165) is 32.7 Å². The van der Waals surface area contributed by atoms with Crippen LogP contribution in [-0.2, 0) is 0 Å². The van der Waals surface area contributed by atoms with Gasteiger partial charge in [-0.3, -0.25) is 0 Å². The third-order valence-corrected chi connectivity index (χ3v) is 4.52. The van der Waals surface area contributed by atoms with Crippen molar-refractivity contribution >= 4 is 34.9 Å². The average Bonchev–Trinajstić information content (AvgIpc) is 2.51. The second kappa shape index (κ2) is 8.73. The van der Waals surface area contributed by atoms with Gasteiger partial charge in [-0.1, -0.05) is 30.1 Å². The zero-order valence-electron chi connectivity index (χ0n) is 13.6. The van der Waals surface area contributed by atoms with E-state index in [-0.39, 0.29) is 6.03 Å². The minimum absolute atomic E-state index is 0.264. The number of piperazine rings is 1. The molecule has 1 heterocycles. The van der Waals surface area contributed by atoms with Crippen LogP contribution in [0.5, 0.6) is 0 Å². The molecule has 5 nitrogen and oxygen atoms in total. The molecule has 0 aliphatic carbocycles. The summed E-state index contributed by atoms with van der Waals surface area (Å²) < 4.78 is 0. The number of benzene rings is 1. The molecule has 0 aromatic heterocycles. The fraction of sp³-hybridized carbons (Fsp3) is 0.562. The maximum atomic E-state index is 12.0. The first-order valence-corrected chi connectivity index (χ1v) is 8.60. The summed E-state index contributed by atoms with van der Waals surface area (Å²) >= 11 is 11.9. The van der Waals surface area contributed by atoms with Crippen molar-refractivity contribution in [2.75, 3.05) is 51.6 Å². The lowest BCUT2D eigenvalue weighted by Crippen LogP contribution is -2.47. The highest BCUT2D eigenvalue weighted by Crippen LogP contribution is 2.25. The van der Waals surface area contributed by atoms with Gasteiger partial charge >= 0.3 is 6.03 Å². The standard InChI is InChI=1S/C16H24Cl2N4O/c1-12(11-22-7-5-21(2)6-8-22)10-19-16(23)20-15-9-13(17)3-4-14(15)18/h3-4,9,12H,5-8,10-11H2,1-2H3,(H2,19,20,23)/t12-/m1/s1. The van der Waals surface area contributed by atoms with Gasteiger partial charge in [0.1, 0.15) is 0 Å². The van der Waals surface area contributed by atoms with Gasteiger partial charge in [0, 0.05) is 44.3 Å². The number of likely N-dealkylation sites (N-methyl/N-ethyl adjacent to an activating group) is 1. The van der Waals surface area contributed by atoms with Gasteiger partial charge in [-0.2, -0.15) is 0 Å². The molecule has 0 spiro atoms. The van der Waals surface area contributed by atoms with Crippen LogP contribution in [0.3, 0.4) is 0 Å². The maximum Gasteiger partial charge on any atom is 0.319 e. The second-order valence-electron chi connectivity index (χ2n) is 6.17.